The first-order valence-electron chi connectivity index (χ1n) is 6.76. The van der Waals surface area contributed by atoms with Crippen molar-refractivity contribution < 1.29 is 9.13 Å². The van der Waals surface area contributed by atoms with Crippen LogP contribution in [0, 0.1) is 17.1 Å². The standard InChI is InChI=1S/C15H19FN2O/c1-2-18(11-14-7-4-8-19-14)10-13-6-3-5-12(9-17)15(13)16/h3,5-6,14H,2,4,7-8,10-11H2,1H3. The maximum Gasteiger partial charge on any atom is 0.145 e. The molecule has 0 aliphatic carbocycles. The molecular formula is C15H19FN2O. The Morgan fingerprint density at radius 2 is 2.37 bits per heavy atom. The van der Waals surface area contributed by atoms with Gasteiger partial charge in [-0.1, -0.05) is 19.1 Å². The molecule has 0 spiro atoms. The zero-order valence-corrected chi connectivity index (χ0v) is 11.2. The van der Waals surface area contributed by atoms with Crippen LogP contribution in [0.3, 0.4) is 0 Å². The van der Waals surface area contributed by atoms with Crippen molar-refractivity contribution in [2.24, 2.45) is 0 Å². The minimum absolute atomic E-state index is 0.116. The highest BCUT2D eigenvalue weighted by Gasteiger charge is 2.19. The average Bonchev–Trinajstić information content (AvgIpc) is 2.93. The lowest BCUT2D eigenvalue weighted by Gasteiger charge is -2.24. The summed E-state index contributed by atoms with van der Waals surface area (Å²) in [5, 5.41) is 8.84. The first-order chi connectivity index (χ1) is 9.24. The highest BCUT2D eigenvalue weighted by Crippen LogP contribution is 2.17. The third-order valence-electron chi connectivity index (χ3n) is 3.53. The quantitative estimate of drug-likeness (QED) is 0.818. The number of nitrogens with zero attached hydrogens (tertiary/aromatic N) is 2. The molecule has 1 aromatic rings. The fraction of sp³-hybridized carbons (Fsp3) is 0.533. The second-order valence-corrected chi connectivity index (χ2v) is 4.85. The van der Waals surface area contributed by atoms with E-state index < -0.39 is 5.82 Å². The van der Waals surface area contributed by atoms with Gasteiger partial charge in [0.05, 0.1) is 11.7 Å². The van der Waals surface area contributed by atoms with Crippen LogP contribution in [0.1, 0.15) is 30.9 Å². The van der Waals surface area contributed by atoms with Crippen LogP contribution in [0.4, 0.5) is 4.39 Å². The van der Waals surface area contributed by atoms with E-state index in [0.717, 1.165) is 32.5 Å². The van der Waals surface area contributed by atoms with Crippen molar-refractivity contribution in [3.05, 3.63) is 35.1 Å². The molecule has 2 rings (SSSR count). The number of likely N-dealkylation sites (N-methyl/N-ethyl adjacent to an activating group) is 1. The van der Waals surface area contributed by atoms with Crippen molar-refractivity contribution in [1.82, 2.24) is 4.90 Å². The van der Waals surface area contributed by atoms with E-state index >= 15 is 0 Å². The molecule has 0 N–H and O–H groups in total. The van der Waals surface area contributed by atoms with Crippen LogP contribution in [0.2, 0.25) is 0 Å². The van der Waals surface area contributed by atoms with Gasteiger partial charge in [0, 0.05) is 25.3 Å². The molecule has 4 heteroatoms. The van der Waals surface area contributed by atoms with Gasteiger partial charge in [0.15, 0.2) is 0 Å². The van der Waals surface area contributed by atoms with Crippen molar-refractivity contribution in [2.75, 3.05) is 19.7 Å². The van der Waals surface area contributed by atoms with Crippen LogP contribution in [0.5, 0.6) is 0 Å². The second kappa shape index (κ2) is 6.65. The molecule has 0 bridgehead atoms. The molecule has 1 aliphatic heterocycles. The van der Waals surface area contributed by atoms with E-state index in [1.807, 2.05) is 6.07 Å². The van der Waals surface area contributed by atoms with Gasteiger partial charge in [-0.25, -0.2) is 4.39 Å². The Labute approximate surface area is 113 Å². The lowest BCUT2D eigenvalue weighted by Crippen LogP contribution is -2.32. The van der Waals surface area contributed by atoms with Crippen molar-refractivity contribution >= 4 is 0 Å². The summed E-state index contributed by atoms with van der Waals surface area (Å²) < 4.78 is 19.6. The summed E-state index contributed by atoms with van der Waals surface area (Å²) in [7, 11) is 0. The fourth-order valence-corrected chi connectivity index (χ4v) is 2.41. The molecule has 3 nitrogen and oxygen atoms in total. The van der Waals surface area contributed by atoms with Gasteiger partial charge in [-0.2, -0.15) is 5.26 Å². The minimum Gasteiger partial charge on any atom is -0.377 e. The molecule has 1 aromatic carbocycles. The molecule has 0 aromatic heterocycles. The monoisotopic (exact) mass is 262 g/mol. The number of rotatable bonds is 5. The van der Waals surface area contributed by atoms with E-state index in [2.05, 4.69) is 11.8 Å². The molecule has 1 atom stereocenters. The fourth-order valence-electron chi connectivity index (χ4n) is 2.41. The first-order valence-corrected chi connectivity index (χ1v) is 6.76. The smallest absolute Gasteiger partial charge is 0.145 e. The zero-order valence-electron chi connectivity index (χ0n) is 11.2. The molecule has 1 saturated heterocycles. The molecular weight excluding hydrogens is 243 g/mol. The molecule has 0 amide bonds. The SMILES string of the molecule is CCN(Cc1cccc(C#N)c1F)CC1CCCO1. The largest absolute Gasteiger partial charge is 0.377 e. The van der Waals surface area contributed by atoms with Crippen LogP contribution in [-0.4, -0.2) is 30.7 Å². The summed E-state index contributed by atoms with van der Waals surface area (Å²) in [5.41, 5.74) is 0.699. The van der Waals surface area contributed by atoms with Gasteiger partial charge in [-0.3, -0.25) is 4.90 Å². The van der Waals surface area contributed by atoms with Crippen LogP contribution in [0.25, 0.3) is 0 Å². The number of halogens is 1. The van der Waals surface area contributed by atoms with E-state index in [1.54, 1.807) is 12.1 Å². The zero-order chi connectivity index (χ0) is 13.7. The van der Waals surface area contributed by atoms with Gasteiger partial charge in [-0.15, -0.1) is 0 Å². The number of ether oxygens (including phenoxy) is 1. The third-order valence-corrected chi connectivity index (χ3v) is 3.53. The molecule has 0 saturated carbocycles. The highest BCUT2D eigenvalue weighted by atomic mass is 19.1. The number of benzene rings is 1. The summed E-state index contributed by atoms with van der Waals surface area (Å²) >= 11 is 0. The van der Waals surface area contributed by atoms with Gasteiger partial charge in [-0.05, 0) is 25.5 Å². The van der Waals surface area contributed by atoms with Crippen LogP contribution >= 0.6 is 0 Å². The Hall–Kier alpha value is -1.44. The van der Waals surface area contributed by atoms with E-state index in [4.69, 9.17) is 10.00 Å². The van der Waals surface area contributed by atoms with Crippen molar-refractivity contribution in [2.45, 2.75) is 32.4 Å². The van der Waals surface area contributed by atoms with Crippen molar-refractivity contribution in [3.8, 4) is 6.07 Å². The Morgan fingerprint density at radius 3 is 3.00 bits per heavy atom. The van der Waals surface area contributed by atoms with Crippen LogP contribution in [0.15, 0.2) is 18.2 Å². The second-order valence-electron chi connectivity index (χ2n) is 4.85. The Kier molecular flexibility index (Phi) is 4.89. The van der Waals surface area contributed by atoms with Gasteiger partial charge >= 0.3 is 0 Å². The van der Waals surface area contributed by atoms with Gasteiger partial charge < -0.3 is 4.74 Å². The van der Waals surface area contributed by atoms with E-state index in [-0.39, 0.29) is 11.7 Å². The topological polar surface area (TPSA) is 36.3 Å². The van der Waals surface area contributed by atoms with Gasteiger partial charge in [0.25, 0.3) is 0 Å². The van der Waals surface area contributed by atoms with E-state index in [0.29, 0.717) is 12.1 Å². The lowest BCUT2D eigenvalue weighted by molar-refractivity contribution is 0.0721. The maximum atomic E-state index is 14.0. The lowest BCUT2D eigenvalue weighted by atomic mass is 10.1. The highest BCUT2D eigenvalue weighted by molar-refractivity contribution is 5.34. The van der Waals surface area contributed by atoms with E-state index in [9.17, 15) is 4.39 Å². The number of hydrogen-bond acceptors (Lipinski definition) is 3. The predicted molar refractivity (Wildman–Crippen MR) is 71.0 cm³/mol. The summed E-state index contributed by atoms with van der Waals surface area (Å²) in [6.07, 6.45) is 2.46. The van der Waals surface area contributed by atoms with Crippen LogP contribution in [-0.2, 0) is 11.3 Å². The summed E-state index contributed by atoms with van der Waals surface area (Å²) in [5.74, 6) is -0.393. The summed E-state index contributed by atoms with van der Waals surface area (Å²) in [6.45, 7) is 5.09. The first kappa shape index (κ1) is 14.0. The maximum absolute atomic E-state index is 14.0. The van der Waals surface area contributed by atoms with Crippen molar-refractivity contribution in [3.63, 3.8) is 0 Å². The summed E-state index contributed by atoms with van der Waals surface area (Å²) in [6, 6.07) is 6.87. The molecule has 102 valence electrons. The number of hydrogen-bond donors (Lipinski definition) is 0. The molecule has 1 aliphatic rings. The Morgan fingerprint density at radius 1 is 1.53 bits per heavy atom. The Balaban J connectivity index is 2.03. The minimum atomic E-state index is -0.393. The molecule has 1 unspecified atom stereocenters. The number of nitriles is 1. The molecule has 1 heterocycles. The van der Waals surface area contributed by atoms with Gasteiger partial charge in [0.1, 0.15) is 11.9 Å². The predicted octanol–water partition coefficient (Wildman–Crippen LogP) is 2.70. The third kappa shape index (κ3) is 3.52. The normalized spacial score (nSPS) is 18.7. The molecule has 19 heavy (non-hydrogen) atoms. The van der Waals surface area contributed by atoms with Crippen molar-refractivity contribution in [1.29, 1.82) is 5.26 Å². The van der Waals surface area contributed by atoms with E-state index in [1.165, 1.54) is 6.07 Å². The van der Waals surface area contributed by atoms with Crippen LogP contribution < -0.4 is 0 Å². The molecule has 1 fully saturated rings. The molecule has 0 radical (unpaired) electrons. The van der Waals surface area contributed by atoms with Gasteiger partial charge in [0.2, 0.25) is 0 Å². The average molecular weight is 262 g/mol. The Bertz CT molecular complexity index is 464. The summed E-state index contributed by atoms with van der Waals surface area (Å²) in [4.78, 5) is 2.16.